The first-order valence-electron chi connectivity index (χ1n) is 11.0. The molecule has 0 aromatic heterocycles. The van der Waals surface area contributed by atoms with Crippen LogP contribution in [0.15, 0.2) is 42.5 Å². The highest BCUT2D eigenvalue weighted by molar-refractivity contribution is 7.88. The van der Waals surface area contributed by atoms with Crippen molar-refractivity contribution in [1.29, 1.82) is 0 Å². The number of amides is 1. The normalized spacial score (nSPS) is 11.4. The highest BCUT2D eigenvalue weighted by Crippen LogP contribution is 2.28. The highest BCUT2D eigenvalue weighted by atomic mass is 32.2. The molecule has 0 bridgehead atoms. The van der Waals surface area contributed by atoms with Crippen molar-refractivity contribution in [2.75, 3.05) is 13.2 Å². The monoisotopic (exact) mass is 462 g/mol. The highest BCUT2D eigenvalue weighted by Gasteiger charge is 2.14. The van der Waals surface area contributed by atoms with E-state index in [1.165, 1.54) is 0 Å². The quantitative estimate of drug-likeness (QED) is 0.439. The fourth-order valence-corrected chi connectivity index (χ4v) is 4.45. The molecule has 0 aliphatic heterocycles. The molecule has 1 amide bonds. The zero-order chi connectivity index (χ0) is 23.6. The van der Waals surface area contributed by atoms with Crippen LogP contribution in [0.5, 0.6) is 11.5 Å². The lowest BCUT2D eigenvalue weighted by molar-refractivity contribution is 0.0950. The Morgan fingerprint density at radius 1 is 0.969 bits per heavy atom. The van der Waals surface area contributed by atoms with Gasteiger partial charge < -0.3 is 14.8 Å². The van der Waals surface area contributed by atoms with Crippen molar-refractivity contribution in [2.45, 2.75) is 58.9 Å². The van der Waals surface area contributed by atoms with Crippen molar-refractivity contribution in [2.24, 2.45) is 0 Å². The summed E-state index contributed by atoms with van der Waals surface area (Å²) in [6, 6.07) is 12.2. The minimum absolute atomic E-state index is 0.0787. The predicted octanol–water partition coefficient (Wildman–Crippen LogP) is 4.02. The zero-order valence-corrected chi connectivity index (χ0v) is 20.1. The van der Waals surface area contributed by atoms with Crippen molar-refractivity contribution in [3.8, 4) is 11.5 Å². The molecule has 0 heterocycles. The number of rotatable bonds is 13. The average molecular weight is 463 g/mol. The van der Waals surface area contributed by atoms with Crippen LogP contribution in [-0.4, -0.2) is 33.6 Å². The molecule has 2 N–H and O–H groups in total. The third kappa shape index (κ3) is 8.51. The first kappa shape index (κ1) is 25.7. The largest absolute Gasteiger partial charge is 0.490 e. The van der Waals surface area contributed by atoms with E-state index in [0.717, 1.165) is 18.4 Å². The van der Waals surface area contributed by atoms with E-state index in [-0.39, 0.29) is 17.7 Å². The lowest BCUT2D eigenvalue weighted by Crippen LogP contribution is -2.31. The third-order valence-corrected chi connectivity index (χ3v) is 6.05. The van der Waals surface area contributed by atoms with Gasteiger partial charge in [-0.15, -0.1) is 0 Å². The molecule has 32 heavy (non-hydrogen) atoms. The fraction of sp³-hybridized carbons (Fsp3) is 0.458. The van der Waals surface area contributed by atoms with Crippen molar-refractivity contribution < 1.29 is 22.7 Å². The smallest absolute Gasteiger partial charge is 0.251 e. The van der Waals surface area contributed by atoms with E-state index < -0.39 is 10.0 Å². The summed E-state index contributed by atoms with van der Waals surface area (Å²) >= 11 is 0. The molecular formula is C24H34N2O5S. The van der Waals surface area contributed by atoms with E-state index in [9.17, 15) is 13.2 Å². The molecule has 2 rings (SSSR count). The van der Waals surface area contributed by atoms with Crippen LogP contribution in [-0.2, 0) is 22.3 Å². The number of hydrogen-bond donors (Lipinski definition) is 2. The summed E-state index contributed by atoms with van der Waals surface area (Å²) in [6.07, 6.45) is 1.99. The minimum Gasteiger partial charge on any atom is -0.490 e. The summed E-state index contributed by atoms with van der Waals surface area (Å²) in [5.41, 5.74) is 2.05. The molecule has 8 heteroatoms. The molecular weight excluding hydrogens is 428 g/mol. The second kappa shape index (κ2) is 12.5. The number of carbonyl (C=O) groups is 1. The van der Waals surface area contributed by atoms with Gasteiger partial charge in [0, 0.05) is 18.2 Å². The molecule has 0 saturated carbocycles. The van der Waals surface area contributed by atoms with Gasteiger partial charge in [0.2, 0.25) is 10.0 Å². The topological polar surface area (TPSA) is 93.7 Å². The molecule has 2 aromatic carbocycles. The van der Waals surface area contributed by atoms with Crippen molar-refractivity contribution >= 4 is 15.9 Å². The second-order valence-electron chi connectivity index (χ2n) is 7.83. The number of carbonyl (C=O) groups excluding carboxylic acids is 1. The SMILES string of the molecule is CCCCOc1ccc(C(=O)NCc2ccc(CS(=O)(=O)NC(C)C)cc2)cc1OCC. The molecule has 176 valence electrons. The van der Waals surface area contributed by atoms with Crippen LogP contribution >= 0.6 is 0 Å². The Morgan fingerprint density at radius 3 is 2.28 bits per heavy atom. The first-order valence-corrected chi connectivity index (χ1v) is 12.6. The van der Waals surface area contributed by atoms with Gasteiger partial charge in [-0.3, -0.25) is 4.79 Å². The van der Waals surface area contributed by atoms with E-state index >= 15 is 0 Å². The number of hydrogen-bond acceptors (Lipinski definition) is 5. The average Bonchev–Trinajstić information content (AvgIpc) is 2.73. The van der Waals surface area contributed by atoms with Crippen molar-refractivity contribution in [1.82, 2.24) is 10.0 Å². The van der Waals surface area contributed by atoms with Gasteiger partial charge in [0.15, 0.2) is 11.5 Å². The number of nitrogens with one attached hydrogen (secondary N) is 2. The Bertz CT molecular complexity index is 972. The maximum atomic E-state index is 12.6. The number of ether oxygens (including phenoxy) is 2. The van der Waals surface area contributed by atoms with Crippen LogP contribution in [0.2, 0.25) is 0 Å². The van der Waals surface area contributed by atoms with Crippen molar-refractivity contribution in [3.05, 3.63) is 59.2 Å². The third-order valence-electron chi connectivity index (χ3n) is 4.51. The summed E-state index contributed by atoms with van der Waals surface area (Å²) in [5, 5.41) is 2.88. The van der Waals surface area contributed by atoms with Crippen LogP contribution in [0.4, 0.5) is 0 Å². The summed E-state index contributed by atoms with van der Waals surface area (Å²) in [6.45, 7) is 8.96. The van der Waals surface area contributed by atoms with Crippen LogP contribution in [0.1, 0.15) is 62.0 Å². The van der Waals surface area contributed by atoms with Gasteiger partial charge in [0.25, 0.3) is 5.91 Å². The number of benzene rings is 2. The van der Waals surface area contributed by atoms with Gasteiger partial charge in [-0.1, -0.05) is 37.6 Å². The van der Waals surface area contributed by atoms with E-state index in [4.69, 9.17) is 9.47 Å². The van der Waals surface area contributed by atoms with Crippen LogP contribution in [0, 0.1) is 0 Å². The molecule has 0 aliphatic rings. The van der Waals surface area contributed by atoms with Gasteiger partial charge in [-0.25, -0.2) is 13.1 Å². The summed E-state index contributed by atoms with van der Waals surface area (Å²) in [5.74, 6) is 0.884. The van der Waals surface area contributed by atoms with Crippen LogP contribution in [0.3, 0.4) is 0 Å². The number of sulfonamides is 1. The molecule has 0 spiro atoms. The Hall–Kier alpha value is -2.58. The maximum Gasteiger partial charge on any atom is 0.251 e. The molecule has 7 nitrogen and oxygen atoms in total. The van der Waals surface area contributed by atoms with Gasteiger partial charge >= 0.3 is 0 Å². The second-order valence-corrected chi connectivity index (χ2v) is 9.58. The summed E-state index contributed by atoms with van der Waals surface area (Å²) < 4.78 is 38.1. The maximum absolute atomic E-state index is 12.6. The Labute approximate surface area is 191 Å². The Morgan fingerprint density at radius 2 is 1.66 bits per heavy atom. The Kier molecular flexibility index (Phi) is 9.99. The van der Waals surface area contributed by atoms with Gasteiger partial charge in [0.05, 0.1) is 19.0 Å². The first-order chi connectivity index (χ1) is 15.2. The predicted molar refractivity (Wildman–Crippen MR) is 127 cm³/mol. The van der Waals surface area contributed by atoms with E-state index in [1.54, 1.807) is 44.2 Å². The molecule has 0 unspecified atom stereocenters. The fourth-order valence-electron chi connectivity index (χ4n) is 3.02. The Balaban J connectivity index is 1.97. The van der Waals surface area contributed by atoms with E-state index in [0.29, 0.717) is 42.4 Å². The standard InChI is InChI=1S/C24H34N2O5S/c1-5-7-14-31-22-13-12-21(15-23(22)30-6-2)24(27)25-16-19-8-10-20(11-9-19)17-32(28,29)26-18(3)4/h8-13,15,18,26H,5-7,14,16-17H2,1-4H3,(H,25,27). The lowest BCUT2D eigenvalue weighted by atomic mass is 10.1. The summed E-state index contributed by atoms with van der Waals surface area (Å²) in [7, 11) is -3.37. The molecule has 0 fully saturated rings. The molecule has 0 atom stereocenters. The van der Waals surface area contributed by atoms with Crippen LogP contribution < -0.4 is 19.5 Å². The van der Waals surface area contributed by atoms with Crippen molar-refractivity contribution in [3.63, 3.8) is 0 Å². The molecule has 2 aromatic rings. The van der Waals surface area contributed by atoms with E-state index in [2.05, 4.69) is 17.0 Å². The minimum atomic E-state index is -3.37. The molecule has 0 saturated heterocycles. The lowest BCUT2D eigenvalue weighted by Gasteiger charge is -2.13. The van der Waals surface area contributed by atoms with E-state index in [1.807, 2.05) is 19.1 Å². The zero-order valence-electron chi connectivity index (χ0n) is 19.3. The van der Waals surface area contributed by atoms with Gasteiger partial charge in [0.1, 0.15) is 0 Å². The van der Waals surface area contributed by atoms with Gasteiger partial charge in [-0.05, 0) is 56.5 Å². The van der Waals surface area contributed by atoms with Crippen LogP contribution in [0.25, 0.3) is 0 Å². The number of unbranched alkanes of at least 4 members (excludes halogenated alkanes) is 1. The molecule has 0 radical (unpaired) electrons. The van der Waals surface area contributed by atoms with Gasteiger partial charge in [-0.2, -0.15) is 0 Å². The summed E-state index contributed by atoms with van der Waals surface area (Å²) in [4.78, 5) is 12.6. The molecule has 0 aliphatic carbocycles.